The largest absolute Gasteiger partial charge is 0.497 e. The van der Waals surface area contributed by atoms with Crippen LogP contribution in [0.5, 0.6) is 28.7 Å². The number of hydrazine groups is 1. The predicted octanol–water partition coefficient (Wildman–Crippen LogP) is 5.10. The molecule has 0 fully saturated rings. The van der Waals surface area contributed by atoms with Gasteiger partial charge in [-0.25, -0.2) is 0 Å². The molecule has 0 aromatic heterocycles. The highest BCUT2D eigenvalue weighted by Crippen LogP contribution is 2.51. The van der Waals surface area contributed by atoms with Crippen molar-refractivity contribution in [2.75, 3.05) is 27.9 Å². The number of ether oxygens (including phenoxy) is 5. The summed E-state index contributed by atoms with van der Waals surface area (Å²) in [5, 5.41) is 2.09. The highest BCUT2D eigenvalue weighted by Gasteiger charge is 2.42. The van der Waals surface area contributed by atoms with Crippen LogP contribution in [-0.4, -0.2) is 32.9 Å². The second-order valence-electron chi connectivity index (χ2n) is 7.96. The van der Waals surface area contributed by atoms with Gasteiger partial charge in [0.25, 0.3) is 0 Å². The van der Waals surface area contributed by atoms with Crippen LogP contribution in [0, 0.1) is 0 Å². The minimum absolute atomic E-state index is 0.0914. The summed E-state index contributed by atoms with van der Waals surface area (Å²) >= 11 is 0. The van der Waals surface area contributed by atoms with Gasteiger partial charge >= 0.3 is 0 Å². The predicted molar refractivity (Wildman–Crippen MR) is 129 cm³/mol. The van der Waals surface area contributed by atoms with Crippen LogP contribution in [0.2, 0.25) is 0 Å². The average molecular weight is 461 g/mol. The van der Waals surface area contributed by atoms with Gasteiger partial charge in [0, 0.05) is 11.1 Å². The van der Waals surface area contributed by atoms with E-state index in [1.807, 2.05) is 55.5 Å². The minimum Gasteiger partial charge on any atom is -0.497 e. The zero-order valence-electron chi connectivity index (χ0n) is 19.7. The minimum atomic E-state index is -0.497. The number of fused-ring (bicyclic) bond motifs is 3. The first-order valence-electron chi connectivity index (χ1n) is 11.2. The summed E-state index contributed by atoms with van der Waals surface area (Å²) in [4.78, 5) is 0. The van der Waals surface area contributed by atoms with Crippen LogP contribution in [0.3, 0.4) is 0 Å². The fraction of sp³-hybridized carbons (Fsp3) is 0.259. The summed E-state index contributed by atoms with van der Waals surface area (Å²) in [6.45, 7) is 2.51. The highest BCUT2D eigenvalue weighted by atomic mass is 16.5. The van der Waals surface area contributed by atoms with Crippen LogP contribution in [0.4, 0.5) is 0 Å². The quantitative estimate of drug-likeness (QED) is 0.526. The highest BCUT2D eigenvalue weighted by molar-refractivity contribution is 5.69. The Labute approximate surface area is 199 Å². The van der Waals surface area contributed by atoms with Crippen molar-refractivity contribution in [1.82, 2.24) is 10.4 Å². The number of nitrogens with one attached hydrogen (secondary N) is 1. The van der Waals surface area contributed by atoms with Gasteiger partial charge in [-0.15, -0.1) is 0 Å². The van der Waals surface area contributed by atoms with Gasteiger partial charge in [-0.2, -0.15) is 5.01 Å². The molecule has 0 bridgehead atoms. The molecule has 0 aliphatic carbocycles. The average Bonchev–Trinajstić information content (AvgIpc) is 3.34. The van der Waals surface area contributed by atoms with Crippen molar-refractivity contribution in [3.8, 4) is 28.7 Å². The zero-order chi connectivity index (χ0) is 23.7. The standard InChI is InChI=1S/C27H28N2O5/c1-5-33-25-11-7-10-20-23-16-22(17-8-6-9-18(14-17)30-2)28-29(23)27(34-26(20)25)21-15-19(31-3)12-13-24(21)32-4/h6-16,23,27-28H,5H2,1-4H3. The smallest absolute Gasteiger partial charge is 0.199 e. The Bertz CT molecular complexity index is 1230. The fourth-order valence-corrected chi connectivity index (χ4v) is 4.45. The maximum Gasteiger partial charge on any atom is 0.199 e. The van der Waals surface area contributed by atoms with Crippen molar-refractivity contribution in [2.24, 2.45) is 0 Å². The van der Waals surface area contributed by atoms with Gasteiger partial charge < -0.3 is 29.1 Å². The summed E-state index contributed by atoms with van der Waals surface area (Å²) in [7, 11) is 4.97. The Kier molecular flexibility index (Phi) is 5.94. The molecule has 3 aromatic carbocycles. The molecular weight excluding hydrogens is 432 g/mol. The first kappa shape index (κ1) is 22.0. The number of rotatable bonds is 7. The van der Waals surface area contributed by atoms with E-state index >= 15 is 0 Å². The van der Waals surface area contributed by atoms with Crippen LogP contribution in [-0.2, 0) is 0 Å². The molecule has 2 atom stereocenters. The molecule has 176 valence electrons. The van der Waals surface area contributed by atoms with Crippen molar-refractivity contribution < 1.29 is 23.7 Å². The number of nitrogens with zero attached hydrogens (tertiary/aromatic N) is 1. The van der Waals surface area contributed by atoms with Gasteiger partial charge in [-0.3, -0.25) is 0 Å². The SMILES string of the molecule is CCOc1cccc2c1OC(c1cc(OC)ccc1OC)N1NC(c3cccc(OC)c3)=CC21. The van der Waals surface area contributed by atoms with Crippen LogP contribution < -0.4 is 29.1 Å². The molecule has 2 aliphatic heterocycles. The molecule has 7 nitrogen and oxygen atoms in total. The van der Waals surface area contributed by atoms with E-state index in [4.69, 9.17) is 23.7 Å². The Hall–Kier alpha value is -3.84. The number of para-hydroxylation sites is 1. The van der Waals surface area contributed by atoms with Crippen molar-refractivity contribution in [3.05, 3.63) is 83.4 Å². The van der Waals surface area contributed by atoms with E-state index in [1.165, 1.54) is 0 Å². The lowest BCUT2D eigenvalue weighted by molar-refractivity contribution is -0.0358. The molecule has 2 unspecified atom stereocenters. The lowest BCUT2D eigenvalue weighted by atomic mass is 10.00. The second kappa shape index (κ2) is 9.19. The molecule has 0 radical (unpaired) electrons. The Morgan fingerprint density at radius 2 is 1.65 bits per heavy atom. The monoisotopic (exact) mass is 460 g/mol. The third-order valence-electron chi connectivity index (χ3n) is 6.07. The van der Waals surface area contributed by atoms with E-state index in [0.29, 0.717) is 12.4 Å². The topological polar surface area (TPSA) is 61.4 Å². The third kappa shape index (κ3) is 3.78. The normalized spacial score (nSPS) is 18.6. The molecule has 5 rings (SSSR count). The van der Waals surface area contributed by atoms with Gasteiger partial charge in [-0.05, 0) is 49.4 Å². The summed E-state index contributed by atoms with van der Waals surface area (Å²) in [5.74, 6) is 3.67. The lowest BCUT2D eigenvalue weighted by Gasteiger charge is -2.39. The molecule has 0 saturated carbocycles. The van der Waals surface area contributed by atoms with Crippen molar-refractivity contribution >= 4 is 5.70 Å². The molecule has 0 saturated heterocycles. The van der Waals surface area contributed by atoms with Crippen LogP contribution in [0.15, 0.2) is 66.7 Å². The maximum atomic E-state index is 6.63. The molecule has 7 heteroatoms. The van der Waals surface area contributed by atoms with Gasteiger partial charge in [0.15, 0.2) is 17.7 Å². The molecule has 2 heterocycles. The van der Waals surface area contributed by atoms with Gasteiger partial charge in [0.1, 0.15) is 17.2 Å². The molecule has 0 spiro atoms. The Balaban J connectivity index is 1.64. The van der Waals surface area contributed by atoms with Gasteiger partial charge in [0.2, 0.25) is 0 Å². The molecule has 34 heavy (non-hydrogen) atoms. The Morgan fingerprint density at radius 1 is 0.853 bits per heavy atom. The molecule has 3 aromatic rings. The number of hydrogen-bond acceptors (Lipinski definition) is 7. The third-order valence-corrected chi connectivity index (χ3v) is 6.07. The van der Waals surface area contributed by atoms with Crippen molar-refractivity contribution in [1.29, 1.82) is 0 Å². The zero-order valence-corrected chi connectivity index (χ0v) is 19.7. The molecule has 2 aliphatic rings. The van der Waals surface area contributed by atoms with Gasteiger partial charge in [-0.1, -0.05) is 24.3 Å². The summed E-state index contributed by atoms with van der Waals surface area (Å²) in [6, 6.07) is 19.6. The summed E-state index contributed by atoms with van der Waals surface area (Å²) in [5.41, 5.74) is 7.42. The van der Waals surface area contributed by atoms with E-state index in [9.17, 15) is 0 Å². The van der Waals surface area contributed by atoms with E-state index in [2.05, 4.69) is 28.6 Å². The van der Waals surface area contributed by atoms with Crippen molar-refractivity contribution in [3.63, 3.8) is 0 Å². The first-order valence-corrected chi connectivity index (χ1v) is 11.2. The van der Waals surface area contributed by atoms with Gasteiger partial charge in [0.05, 0.1) is 45.2 Å². The van der Waals surface area contributed by atoms with Crippen molar-refractivity contribution in [2.45, 2.75) is 19.2 Å². The second-order valence-corrected chi connectivity index (χ2v) is 7.96. The Morgan fingerprint density at radius 3 is 2.41 bits per heavy atom. The van der Waals surface area contributed by atoms with E-state index < -0.39 is 6.23 Å². The molecule has 0 amide bonds. The van der Waals surface area contributed by atoms with Crippen LogP contribution >= 0.6 is 0 Å². The number of hydrogen-bond donors (Lipinski definition) is 1. The number of methoxy groups -OCH3 is 3. The van der Waals surface area contributed by atoms with E-state index in [-0.39, 0.29) is 6.04 Å². The molecular formula is C27H28N2O5. The lowest BCUT2D eigenvalue weighted by Crippen LogP contribution is -2.43. The van der Waals surface area contributed by atoms with E-state index in [0.717, 1.165) is 45.4 Å². The summed E-state index contributed by atoms with van der Waals surface area (Å²) in [6.07, 6.45) is 1.70. The number of benzene rings is 3. The summed E-state index contributed by atoms with van der Waals surface area (Å²) < 4.78 is 29.2. The van der Waals surface area contributed by atoms with E-state index in [1.54, 1.807) is 21.3 Å². The molecule has 1 N–H and O–H groups in total. The fourth-order valence-electron chi connectivity index (χ4n) is 4.45. The van der Waals surface area contributed by atoms with Crippen LogP contribution in [0.1, 0.15) is 35.9 Å². The van der Waals surface area contributed by atoms with Crippen LogP contribution in [0.25, 0.3) is 5.70 Å². The first-order chi connectivity index (χ1) is 16.7. The maximum absolute atomic E-state index is 6.63.